The van der Waals surface area contributed by atoms with Crippen LogP contribution in [0, 0.1) is 0 Å². The summed E-state index contributed by atoms with van der Waals surface area (Å²) in [7, 11) is 0. The third-order valence-corrected chi connectivity index (χ3v) is 2.72. The number of phenolic OH excluding ortho intramolecular Hbond substituents is 2. The predicted octanol–water partition coefficient (Wildman–Crippen LogP) is 0.603. The molecule has 1 rings (SSSR count). The lowest BCUT2D eigenvalue weighted by Gasteiger charge is -2.20. The third kappa shape index (κ3) is 4.64. The van der Waals surface area contributed by atoms with Crippen molar-refractivity contribution in [2.24, 2.45) is 5.90 Å². The summed E-state index contributed by atoms with van der Waals surface area (Å²) in [4.78, 5) is 27.7. The number of carbonyl (C=O) groups excluding carboxylic acids is 2. The summed E-state index contributed by atoms with van der Waals surface area (Å²) in [6.45, 7) is 2.80. The molecule has 2 amide bonds. The molecule has 0 fully saturated rings. The molecule has 0 unspecified atom stereocenters. The van der Waals surface area contributed by atoms with Crippen LogP contribution in [0.1, 0.15) is 24.2 Å². The molecule has 0 radical (unpaired) electrons. The number of rotatable bonds is 3. The summed E-state index contributed by atoms with van der Waals surface area (Å²) in [6.07, 6.45) is 0. The van der Waals surface area contributed by atoms with Crippen molar-refractivity contribution in [3.8, 4) is 11.5 Å². The van der Waals surface area contributed by atoms with Crippen molar-refractivity contribution in [3.05, 3.63) is 22.7 Å². The molecule has 0 aliphatic carbocycles. The highest BCUT2D eigenvalue weighted by atomic mass is 35.5. The van der Waals surface area contributed by atoms with Gasteiger partial charge in [0.05, 0.1) is 5.02 Å². The molecule has 1 aromatic rings. The highest BCUT2D eigenvalue weighted by Crippen LogP contribution is 2.33. The molecule has 0 aliphatic rings. The summed E-state index contributed by atoms with van der Waals surface area (Å²) in [5, 5.41) is 18.4. The molecule has 0 atom stereocenters. The van der Waals surface area contributed by atoms with Crippen LogP contribution < -0.4 is 16.7 Å². The Bertz CT molecular complexity index is 528. The lowest BCUT2D eigenvalue weighted by atomic mass is 10.1. The number of amides is 2. The van der Waals surface area contributed by atoms with Gasteiger partial charge < -0.3 is 10.2 Å². The molecule has 0 aromatic heterocycles. The average molecular weight is 340 g/mol. The van der Waals surface area contributed by atoms with Crippen LogP contribution in [0.15, 0.2) is 12.1 Å². The van der Waals surface area contributed by atoms with E-state index >= 15 is 0 Å². The van der Waals surface area contributed by atoms with E-state index in [-0.39, 0.29) is 23.0 Å². The van der Waals surface area contributed by atoms with Crippen LogP contribution in [0.5, 0.6) is 11.5 Å². The Hall–Kier alpha value is -1.74. The molecular weight excluding hydrogens is 325 g/mol. The molecule has 0 saturated carbocycles. The maximum absolute atomic E-state index is 11.7. The normalized spacial score (nSPS) is 10.5. The van der Waals surface area contributed by atoms with Gasteiger partial charge in [-0.05, 0) is 26.0 Å². The van der Waals surface area contributed by atoms with E-state index < -0.39 is 28.9 Å². The van der Waals surface area contributed by atoms with Crippen LogP contribution in [-0.4, -0.2) is 27.6 Å². The third-order valence-electron chi connectivity index (χ3n) is 2.44. The zero-order valence-corrected chi connectivity index (χ0v) is 12.7. The Morgan fingerprint density at radius 3 is 2.33 bits per heavy atom. The standard InChI is InChI=1S/C11H14ClN3O5.ClH/c1-11(2,20-13)10(19)15-14-9(18)5-3-6(12)8(17)7(16)4-5;/h3-4,16-17H,13H2,1-2H3,(H,14,18)(H,15,19);1H. The van der Waals surface area contributed by atoms with Crippen LogP contribution in [-0.2, 0) is 9.63 Å². The van der Waals surface area contributed by atoms with E-state index in [0.29, 0.717) is 0 Å². The number of phenols is 2. The number of hydrogen-bond donors (Lipinski definition) is 5. The minimum atomic E-state index is -1.33. The van der Waals surface area contributed by atoms with Crippen molar-refractivity contribution in [3.63, 3.8) is 0 Å². The van der Waals surface area contributed by atoms with Gasteiger partial charge in [0.25, 0.3) is 11.8 Å². The number of carbonyl (C=O) groups is 2. The molecule has 0 spiro atoms. The molecule has 0 heterocycles. The first kappa shape index (κ1) is 19.3. The quantitative estimate of drug-likeness (QED) is 0.404. The maximum Gasteiger partial charge on any atom is 0.272 e. The number of nitrogens with two attached hydrogens (primary N) is 1. The van der Waals surface area contributed by atoms with Gasteiger partial charge in [0.1, 0.15) is 0 Å². The molecule has 6 N–H and O–H groups in total. The Morgan fingerprint density at radius 1 is 1.29 bits per heavy atom. The Balaban J connectivity index is 0.00000400. The number of benzene rings is 1. The molecule has 118 valence electrons. The van der Waals surface area contributed by atoms with Crippen LogP contribution >= 0.6 is 24.0 Å². The van der Waals surface area contributed by atoms with Crippen molar-refractivity contribution in [2.75, 3.05) is 0 Å². The van der Waals surface area contributed by atoms with E-state index in [1.807, 2.05) is 0 Å². The van der Waals surface area contributed by atoms with E-state index in [4.69, 9.17) is 17.5 Å². The molecular formula is C11H15Cl2N3O5. The summed E-state index contributed by atoms with van der Waals surface area (Å²) < 4.78 is 0. The minimum Gasteiger partial charge on any atom is -0.504 e. The lowest BCUT2D eigenvalue weighted by Crippen LogP contribution is -2.52. The molecule has 1 aromatic carbocycles. The molecule has 21 heavy (non-hydrogen) atoms. The van der Waals surface area contributed by atoms with Crippen LogP contribution in [0.3, 0.4) is 0 Å². The Kier molecular flexibility index (Phi) is 6.71. The van der Waals surface area contributed by atoms with Crippen molar-refractivity contribution < 1.29 is 24.6 Å². The SMILES string of the molecule is CC(C)(ON)C(=O)NNC(=O)c1cc(O)c(O)c(Cl)c1.Cl. The van der Waals surface area contributed by atoms with Gasteiger partial charge in [0.2, 0.25) is 0 Å². The summed E-state index contributed by atoms with van der Waals surface area (Å²) >= 11 is 5.61. The number of aromatic hydroxyl groups is 2. The van der Waals surface area contributed by atoms with Crippen LogP contribution in [0.2, 0.25) is 5.02 Å². The van der Waals surface area contributed by atoms with Crippen molar-refractivity contribution >= 4 is 35.8 Å². The average Bonchev–Trinajstić information content (AvgIpc) is 2.40. The second-order valence-corrected chi connectivity index (χ2v) is 4.77. The van der Waals surface area contributed by atoms with Crippen molar-refractivity contribution in [1.29, 1.82) is 0 Å². The number of hydrogen-bond acceptors (Lipinski definition) is 6. The highest BCUT2D eigenvalue weighted by molar-refractivity contribution is 6.32. The first-order chi connectivity index (χ1) is 9.19. The largest absolute Gasteiger partial charge is 0.504 e. The highest BCUT2D eigenvalue weighted by Gasteiger charge is 2.28. The first-order valence-electron chi connectivity index (χ1n) is 5.39. The maximum atomic E-state index is 11.7. The van der Waals surface area contributed by atoms with Gasteiger partial charge in [-0.2, -0.15) is 0 Å². The zero-order valence-electron chi connectivity index (χ0n) is 11.1. The van der Waals surface area contributed by atoms with Crippen LogP contribution in [0.4, 0.5) is 0 Å². The van der Waals surface area contributed by atoms with Gasteiger partial charge in [0.15, 0.2) is 17.1 Å². The minimum absolute atomic E-state index is 0. The fourth-order valence-corrected chi connectivity index (χ4v) is 1.32. The van der Waals surface area contributed by atoms with Gasteiger partial charge >= 0.3 is 0 Å². The van der Waals surface area contributed by atoms with Crippen molar-refractivity contribution in [1.82, 2.24) is 10.9 Å². The monoisotopic (exact) mass is 339 g/mol. The lowest BCUT2D eigenvalue weighted by molar-refractivity contribution is -0.144. The van der Waals surface area contributed by atoms with E-state index in [2.05, 4.69) is 15.7 Å². The van der Waals surface area contributed by atoms with Gasteiger partial charge in [0, 0.05) is 5.56 Å². The van der Waals surface area contributed by atoms with Gasteiger partial charge in [-0.1, -0.05) is 11.6 Å². The number of nitrogens with one attached hydrogen (secondary N) is 2. The summed E-state index contributed by atoms with van der Waals surface area (Å²) in [6, 6.07) is 2.12. The number of halogens is 2. The molecule has 8 nitrogen and oxygen atoms in total. The second-order valence-electron chi connectivity index (χ2n) is 4.36. The number of hydrazine groups is 1. The van der Waals surface area contributed by atoms with E-state index in [1.54, 1.807) is 0 Å². The molecule has 0 bridgehead atoms. The molecule has 0 aliphatic heterocycles. The summed E-state index contributed by atoms with van der Waals surface area (Å²) in [5.41, 5.74) is 2.79. The van der Waals surface area contributed by atoms with Crippen molar-refractivity contribution in [2.45, 2.75) is 19.4 Å². The second kappa shape index (κ2) is 7.32. The predicted molar refractivity (Wildman–Crippen MR) is 77.0 cm³/mol. The smallest absolute Gasteiger partial charge is 0.272 e. The Labute approximate surface area is 131 Å². The Morgan fingerprint density at radius 2 is 1.86 bits per heavy atom. The van der Waals surface area contributed by atoms with Gasteiger partial charge in [-0.3, -0.25) is 25.3 Å². The van der Waals surface area contributed by atoms with E-state index in [0.717, 1.165) is 12.1 Å². The fraction of sp³-hybridized carbons (Fsp3) is 0.273. The van der Waals surface area contributed by atoms with Gasteiger partial charge in [-0.15, -0.1) is 12.4 Å². The summed E-state index contributed by atoms with van der Waals surface area (Å²) in [5.74, 6) is 2.41. The van der Waals surface area contributed by atoms with E-state index in [1.165, 1.54) is 13.8 Å². The first-order valence-corrected chi connectivity index (χ1v) is 5.77. The van der Waals surface area contributed by atoms with Gasteiger partial charge in [-0.25, -0.2) is 5.90 Å². The molecule has 10 heteroatoms. The molecule has 0 saturated heterocycles. The van der Waals surface area contributed by atoms with Crippen LogP contribution in [0.25, 0.3) is 0 Å². The fourth-order valence-electron chi connectivity index (χ4n) is 1.11. The topological polar surface area (TPSA) is 134 Å². The zero-order chi connectivity index (χ0) is 15.5. The van der Waals surface area contributed by atoms with E-state index in [9.17, 15) is 19.8 Å².